The molecule has 4 heteroatoms. The van der Waals surface area contributed by atoms with Crippen molar-refractivity contribution >= 4 is 11.9 Å². The first-order valence-corrected chi connectivity index (χ1v) is 10.7. The second-order valence-electron chi connectivity index (χ2n) is 9.91. The molecule has 3 aromatic rings. The highest BCUT2D eigenvalue weighted by atomic mass is 16.5. The number of ether oxygens (including phenoxy) is 2. The van der Waals surface area contributed by atoms with Gasteiger partial charge in [0.15, 0.2) is 0 Å². The normalized spacial score (nSPS) is 11.7. The summed E-state index contributed by atoms with van der Waals surface area (Å²) in [5.41, 5.74) is 2.90. The van der Waals surface area contributed by atoms with Gasteiger partial charge in [0, 0.05) is 0 Å². The largest absolute Gasteiger partial charge is 0.423 e. The summed E-state index contributed by atoms with van der Waals surface area (Å²) < 4.78 is 11.0. The molecule has 0 aliphatic heterocycles. The Morgan fingerprint density at radius 2 is 0.906 bits per heavy atom. The van der Waals surface area contributed by atoms with Crippen molar-refractivity contribution in [1.29, 1.82) is 0 Å². The van der Waals surface area contributed by atoms with Gasteiger partial charge in [0.1, 0.15) is 11.5 Å². The van der Waals surface area contributed by atoms with Crippen LogP contribution in [0.4, 0.5) is 0 Å². The predicted octanol–water partition coefficient (Wildman–Crippen LogP) is 6.72. The van der Waals surface area contributed by atoms with Gasteiger partial charge in [-0.3, -0.25) is 0 Å². The summed E-state index contributed by atoms with van der Waals surface area (Å²) in [6.07, 6.45) is 0. The maximum atomic E-state index is 12.6. The van der Waals surface area contributed by atoms with Gasteiger partial charge in [0.25, 0.3) is 0 Å². The minimum Gasteiger partial charge on any atom is -0.423 e. The first-order chi connectivity index (χ1) is 14.9. The number of hydrogen-bond acceptors (Lipinski definition) is 4. The molecule has 0 unspecified atom stereocenters. The van der Waals surface area contributed by atoms with Crippen LogP contribution in [0.3, 0.4) is 0 Å². The van der Waals surface area contributed by atoms with E-state index in [1.54, 1.807) is 42.5 Å². The molecule has 0 aliphatic rings. The van der Waals surface area contributed by atoms with Crippen molar-refractivity contribution in [3.63, 3.8) is 0 Å². The van der Waals surface area contributed by atoms with Crippen molar-refractivity contribution in [3.8, 4) is 11.5 Å². The van der Waals surface area contributed by atoms with E-state index in [1.807, 2.05) is 24.3 Å². The first kappa shape index (κ1) is 23.3. The second kappa shape index (κ2) is 8.99. The van der Waals surface area contributed by atoms with Gasteiger partial charge in [-0.25, -0.2) is 9.59 Å². The second-order valence-corrected chi connectivity index (χ2v) is 9.91. The summed E-state index contributed by atoms with van der Waals surface area (Å²) in [5, 5.41) is 0. The molecule has 0 N–H and O–H groups in total. The summed E-state index contributed by atoms with van der Waals surface area (Å²) >= 11 is 0. The lowest BCUT2D eigenvalue weighted by Crippen LogP contribution is -2.14. The van der Waals surface area contributed by atoms with Crippen LogP contribution in [0.2, 0.25) is 0 Å². The average Bonchev–Trinajstić information content (AvgIpc) is 2.73. The van der Waals surface area contributed by atoms with E-state index in [9.17, 15) is 9.59 Å². The van der Waals surface area contributed by atoms with E-state index < -0.39 is 11.9 Å². The molecule has 32 heavy (non-hydrogen) atoms. The van der Waals surface area contributed by atoms with Crippen LogP contribution in [0.5, 0.6) is 11.5 Å². The Balaban J connectivity index is 1.69. The number of carbonyl (C=O) groups is 2. The molecule has 3 rings (SSSR count). The SMILES string of the molecule is CC(C)(C)c1ccc(OC(=O)c2cccc(C(=O)Oc3ccc(C(C)(C)C)cc3)c2)cc1. The monoisotopic (exact) mass is 430 g/mol. The van der Waals surface area contributed by atoms with Crippen molar-refractivity contribution in [2.24, 2.45) is 0 Å². The number of rotatable bonds is 4. The fourth-order valence-electron chi connectivity index (χ4n) is 3.15. The van der Waals surface area contributed by atoms with E-state index in [4.69, 9.17) is 9.47 Å². The summed E-state index contributed by atoms with van der Waals surface area (Å²) in [7, 11) is 0. The van der Waals surface area contributed by atoms with Gasteiger partial charge in [-0.1, -0.05) is 71.9 Å². The van der Waals surface area contributed by atoms with Gasteiger partial charge in [-0.05, 0) is 64.4 Å². The maximum Gasteiger partial charge on any atom is 0.343 e. The van der Waals surface area contributed by atoms with Gasteiger partial charge in [-0.15, -0.1) is 0 Å². The topological polar surface area (TPSA) is 52.6 Å². The van der Waals surface area contributed by atoms with Crippen LogP contribution < -0.4 is 9.47 Å². The van der Waals surface area contributed by atoms with Gasteiger partial charge >= 0.3 is 11.9 Å². The van der Waals surface area contributed by atoms with Crippen LogP contribution >= 0.6 is 0 Å². The van der Waals surface area contributed by atoms with E-state index in [0.717, 1.165) is 11.1 Å². The Morgan fingerprint density at radius 1 is 0.562 bits per heavy atom. The molecule has 3 aromatic carbocycles. The van der Waals surface area contributed by atoms with Gasteiger partial charge in [0.05, 0.1) is 11.1 Å². The third kappa shape index (κ3) is 5.85. The fraction of sp³-hybridized carbons (Fsp3) is 0.286. The Hall–Kier alpha value is -3.40. The zero-order chi connectivity index (χ0) is 23.5. The van der Waals surface area contributed by atoms with Crippen LogP contribution in [0.15, 0.2) is 72.8 Å². The van der Waals surface area contributed by atoms with Crippen LogP contribution in [0.1, 0.15) is 73.4 Å². The minimum atomic E-state index is -0.530. The molecule has 166 valence electrons. The molecule has 0 aliphatic carbocycles. The summed E-state index contributed by atoms with van der Waals surface area (Å²) in [6, 6.07) is 21.2. The zero-order valence-corrected chi connectivity index (χ0v) is 19.6. The molecule has 4 nitrogen and oxygen atoms in total. The number of benzene rings is 3. The predicted molar refractivity (Wildman–Crippen MR) is 127 cm³/mol. The Labute approximate surface area is 190 Å². The first-order valence-electron chi connectivity index (χ1n) is 10.7. The van der Waals surface area contributed by atoms with E-state index in [2.05, 4.69) is 41.5 Å². The molecule has 0 heterocycles. The smallest absolute Gasteiger partial charge is 0.343 e. The minimum absolute atomic E-state index is 0.0182. The number of esters is 2. The third-order valence-corrected chi connectivity index (χ3v) is 5.20. The quantitative estimate of drug-likeness (QED) is 0.340. The molecule has 0 aromatic heterocycles. The fourth-order valence-corrected chi connectivity index (χ4v) is 3.15. The maximum absolute atomic E-state index is 12.6. The van der Waals surface area contributed by atoms with Gasteiger partial charge < -0.3 is 9.47 Å². The molecule has 0 spiro atoms. The van der Waals surface area contributed by atoms with E-state index in [-0.39, 0.29) is 22.0 Å². The summed E-state index contributed by atoms with van der Waals surface area (Å²) in [4.78, 5) is 25.2. The van der Waals surface area contributed by atoms with Crippen LogP contribution in [0, 0.1) is 0 Å². The Kier molecular flexibility index (Phi) is 6.54. The van der Waals surface area contributed by atoms with E-state index >= 15 is 0 Å². The van der Waals surface area contributed by atoms with Crippen LogP contribution in [0.25, 0.3) is 0 Å². The molecular formula is C28H30O4. The lowest BCUT2D eigenvalue weighted by Gasteiger charge is -2.19. The molecule has 0 radical (unpaired) electrons. The molecule has 0 atom stereocenters. The van der Waals surface area contributed by atoms with E-state index in [0.29, 0.717) is 11.5 Å². The average molecular weight is 431 g/mol. The third-order valence-electron chi connectivity index (χ3n) is 5.20. The highest BCUT2D eigenvalue weighted by molar-refractivity contribution is 5.96. The zero-order valence-electron chi connectivity index (χ0n) is 19.6. The van der Waals surface area contributed by atoms with Crippen LogP contribution in [-0.4, -0.2) is 11.9 Å². The molecule has 0 saturated carbocycles. The summed E-state index contributed by atoms with van der Waals surface area (Å²) in [6.45, 7) is 12.7. The molecule has 0 bridgehead atoms. The van der Waals surface area contributed by atoms with Crippen LogP contribution in [-0.2, 0) is 10.8 Å². The lowest BCUT2D eigenvalue weighted by atomic mass is 9.87. The molecule has 0 saturated heterocycles. The van der Waals surface area contributed by atoms with E-state index in [1.165, 1.54) is 6.07 Å². The number of carbonyl (C=O) groups excluding carboxylic acids is 2. The highest BCUT2D eigenvalue weighted by Gasteiger charge is 2.17. The van der Waals surface area contributed by atoms with Crippen molar-refractivity contribution in [2.45, 2.75) is 52.4 Å². The van der Waals surface area contributed by atoms with Gasteiger partial charge in [0.2, 0.25) is 0 Å². The molecular weight excluding hydrogens is 400 g/mol. The standard InChI is InChI=1S/C28H30O4/c1-27(2,3)21-10-14-23(15-11-21)31-25(29)19-8-7-9-20(18-19)26(30)32-24-16-12-22(13-17-24)28(4,5)6/h7-18H,1-6H3. The van der Waals surface area contributed by atoms with Crippen molar-refractivity contribution in [3.05, 3.63) is 95.1 Å². The Morgan fingerprint density at radius 3 is 1.22 bits per heavy atom. The lowest BCUT2D eigenvalue weighted by molar-refractivity contribution is 0.0734. The Bertz CT molecular complexity index is 1010. The van der Waals surface area contributed by atoms with Crippen molar-refractivity contribution in [1.82, 2.24) is 0 Å². The summed E-state index contributed by atoms with van der Waals surface area (Å²) in [5.74, 6) is -0.153. The number of hydrogen-bond donors (Lipinski definition) is 0. The van der Waals surface area contributed by atoms with Crippen molar-refractivity contribution < 1.29 is 19.1 Å². The van der Waals surface area contributed by atoms with Gasteiger partial charge in [-0.2, -0.15) is 0 Å². The molecule has 0 amide bonds. The van der Waals surface area contributed by atoms with Crippen molar-refractivity contribution in [2.75, 3.05) is 0 Å². The highest BCUT2D eigenvalue weighted by Crippen LogP contribution is 2.26. The molecule has 0 fully saturated rings.